The Morgan fingerprint density at radius 2 is 2.14 bits per heavy atom. The average molecular weight is 304 g/mol. The topological polar surface area (TPSA) is 73.6 Å². The van der Waals surface area contributed by atoms with Crippen LogP contribution in [0.2, 0.25) is 0 Å². The summed E-state index contributed by atoms with van der Waals surface area (Å²) in [6.07, 6.45) is 3.78. The molecule has 1 fully saturated rings. The molecule has 2 aliphatic rings. The zero-order valence-corrected chi connectivity index (χ0v) is 13.0. The van der Waals surface area contributed by atoms with Crippen molar-refractivity contribution in [2.75, 3.05) is 13.2 Å². The number of hydrogen-bond acceptors (Lipinski definition) is 4. The first-order valence-corrected chi connectivity index (χ1v) is 8.01. The van der Waals surface area contributed by atoms with Gasteiger partial charge in [-0.3, -0.25) is 4.79 Å². The van der Waals surface area contributed by atoms with E-state index in [2.05, 4.69) is 5.32 Å². The van der Waals surface area contributed by atoms with Crippen molar-refractivity contribution < 1.29 is 14.3 Å². The summed E-state index contributed by atoms with van der Waals surface area (Å²) in [5, 5.41) is 2.98. The Labute approximate surface area is 131 Å². The number of carbonyl (C=O) groups excluding carboxylic acids is 1. The first-order valence-electron chi connectivity index (χ1n) is 8.01. The van der Waals surface area contributed by atoms with E-state index in [4.69, 9.17) is 15.2 Å². The number of benzene rings is 1. The Hall–Kier alpha value is -1.75. The number of carbonyl (C=O) groups is 1. The van der Waals surface area contributed by atoms with Gasteiger partial charge < -0.3 is 20.5 Å². The Balaban J connectivity index is 1.54. The minimum Gasteiger partial charge on any atom is -0.486 e. The maximum Gasteiger partial charge on any atom is 0.225 e. The molecule has 0 spiro atoms. The Morgan fingerprint density at radius 1 is 1.36 bits per heavy atom. The molecule has 0 bridgehead atoms. The van der Waals surface area contributed by atoms with Crippen LogP contribution in [0.4, 0.5) is 0 Å². The van der Waals surface area contributed by atoms with Crippen molar-refractivity contribution in [1.82, 2.24) is 5.32 Å². The van der Waals surface area contributed by atoms with Crippen LogP contribution in [0.1, 0.15) is 32.6 Å². The highest BCUT2D eigenvalue weighted by molar-refractivity contribution is 5.80. The summed E-state index contributed by atoms with van der Waals surface area (Å²) in [4.78, 5) is 12.4. The molecule has 3 rings (SSSR count). The van der Waals surface area contributed by atoms with Crippen molar-refractivity contribution in [3.63, 3.8) is 0 Å². The molecular weight excluding hydrogens is 280 g/mol. The molecule has 3 atom stereocenters. The molecule has 3 unspecified atom stereocenters. The van der Waals surface area contributed by atoms with Gasteiger partial charge in [0, 0.05) is 5.54 Å². The SMILES string of the molecule is CC1(N)CCCCC1C(=O)NCC1COc2ccccc2O1. The summed E-state index contributed by atoms with van der Waals surface area (Å²) in [7, 11) is 0. The van der Waals surface area contributed by atoms with E-state index in [0.29, 0.717) is 13.2 Å². The van der Waals surface area contributed by atoms with Gasteiger partial charge in [-0.15, -0.1) is 0 Å². The molecule has 3 N–H and O–H groups in total. The van der Waals surface area contributed by atoms with Crippen LogP contribution < -0.4 is 20.5 Å². The number of hydrogen-bond donors (Lipinski definition) is 2. The average Bonchev–Trinajstić information content (AvgIpc) is 2.52. The van der Waals surface area contributed by atoms with Gasteiger partial charge in [0.1, 0.15) is 12.7 Å². The van der Waals surface area contributed by atoms with E-state index in [0.717, 1.165) is 37.2 Å². The minimum atomic E-state index is -0.404. The van der Waals surface area contributed by atoms with E-state index in [1.54, 1.807) is 0 Å². The molecule has 1 aliphatic carbocycles. The third kappa shape index (κ3) is 3.19. The van der Waals surface area contributed by atoms with Gasteiger partial charge in [-0.25, -0.2) is 0 Å². The zero-order chi connectivity index (χ0) is 15.6. The van der Waals surface area contributed by atoms with Crippen LogP contribution in [-0.2, 0) is 4.79 Å². The zero-order valence-electron chi connectivity index (χ0n) is 13.0. The molecule has 5 nitrogen and oxygen atoms in total. The quantitative estimate of drug-likeness (QED) is 0.894. The number of para-hydroxylation sites is 2. The highest BCUT2D eigenvalue weighted by atomic mass is 16.6. The predicted molar refractivity (Wildman–Crippen MR) is 83.9 cm³/mol. The van der Waals surface area contributed by atoms with E-state index >= 15 is 0 Å². The maximum absolute atomic E-state index is 12.4. The summed E-state index contributed by atoms with van der Waals surface area (Å²) in [6.45, 7) is 2.87. The smallest absolute Gasteiger partial charge is 0.225 e. The second-order valence-corrected chi connectivity index (χ2v) is 6.55. The van der Waals surface area contributed by atoms with Gasteiger partial charge >= 0.3 is 0 Å². The van der Waals surface area contributed by atoms with Gasteiger partial charge in [-0.05, 0) is 31.9 Å². The molecule has 22 heavy (non-hydrogen) atoms. The molecule has 1 amide bonds. The minimum absolute atomic E-state index is 0.0344. The van der Waals surface area contributed by atoms with Crippen LogP contribution in [0.15, 0.2) is 24.3 Å². The fourth-order valence-corrected chi connectivity index (χ4v) is 3.29. The second kappa shape index (κ2) is 6.16. The van der Waals surface area contributed by atoms with Crippen molar-refractivity contribution in [1.29, 1.82) is 0 Å². The monoisotopic (exact) mass is 304 g/mol. The molecule has 1 heterocycles. The van der Waals surface area contributed by atoms with Crippen molar-refractivity contribution in [3.8, 4) is 11.5 Å². The number of nitrogens with one attached hydrogen (secondary N) is 1. The molecule has 1 aromatic rings. The second-order valence-electron chi connectivity index (χ2n) is 6.55. The molecular formula is C17H24N2O3. The maximum atomic E-state index is 12.4. The number of amides is 1. The van der Waals surface area contributed by atoms with Gasteiger partial charge in [0.05, 0.1) is 12.5 Å². The highest BCUT2D eigenvalue weighted by Gasteiger charge is 2.38. The number of rotatable bonds is 3. The van der Waals surface area contributed by atoms with E-state index in [1.165, 1.54) is 0 Å². The van der Waals surface area contributed by atoms with E-state index in [1.807, 2.05) is 31.2 Å². The van der Waals surface area contributed by atoms with Gasteiger partial charge in [-0.2, -0.15) is 0 Å². The number of fused-ring (bicyclic) bond motifs is 1. The van der Waals surface area contributed by atoms with Crippen LogP contribution in [-0.4, -0.2) is 30.7 Å². The van der Waals surface area contributed by atoms with Crippen molar-refractivity contribution in [3.05, 3.63) is 24.3 Å². The molecule has 1 aliphatic heterocycles. The van der Waals surface area contributed by atoms with Crippen LogP contribution in [0.3, 0.4) is 0 Å². The molecule has 0 saturated heterocycles. The Bertz CT molecular complexity index is 544. The number of ether oxygens (including phenoxy) is 2. The van der Waals surface area contributed by atoms with Gasteiger partial charge in [0.15, 0.2) is 11.5 Å². The van der Waals surface area contributed by atoms with Crippen LogP contribution in [0, 0.1) is 5.92 Å². The third-order valence-corrected chi connectivity index (χ3v) is 4.64. The summed E-state index contributed by atoms with van der Waals surface area (Å²) in [5.74, 6) is 1.41. The van der Waals surface area contributed by atoms with Gasteiger partial charge in [0.25, 0.3) is 0 Å². The molecule has 0 radical (unpaired) electrons. The standard InChI is InChI=1S/C17H24N2O3/c1-17(18)9-5-4-6-13(17)16(20)19-10-12-11-21-14-7-2-3-8-15(14)22-12/h2-3,7-8,12-13H,4-6,9-11,18H2,1H3,(H,19,20). The lowest BCUT2D eigenvalue weighted by molar-refractivity contribution is -0.128. The van der Waals surface area contributed by atoms with Crippen LogP contribution in [0.5, 0.6) is 11.5 Å². The van der Waals surface area contributed by atoms with Gasteiger partial charge in [-0.1, -0.05) is 25.0 Å². The number of nitrogens with two attached hydrogens (primary N) is 1. The Kier molecular flexibility index (Phi) is 4.25. The summed E-state index contributed by atoms with van der Waals surface area (Å²) in [6, 6.07) is 7.58. The lowest BCUT2D eigenvalue weighted by Crippen LogP contribution is -2.54. The molecule has 5 heteroatoms. The Morgan fingerprint density at radius 3 is 2.91 bits per heavy atom. The van der Waals surface area contributed by atoms with Crippen LogP contribution in [0.25, 0.3) is 0 Å². The highest BCUT2D eigenvalue weighted by Crippen LogP contribution is 2.32. The molecule has 1 aromatic carbocycles. The van der Waals surface area contributed by atoms with E-state index in [9.17, 15) is 4.79 Å². The predicted octanol–water partition coefficient (Wildman–Crippen LogP) is 1.85. The molecule has 120 valence electrons. The van der Waals surface area contributed by atoms with Gasteiger partial charge in [0.2, 0.25) is 5.91 Å². The van der Waals surface area contributed by atoms with Crippen molar-refractivity contribution in [2.45, 2.75) is 44.2 Å². The molecule has 0 aromatic heterocycles. The normalized spacial score (nSPS) is 30.6. The first kappa shape index (κ1) is 15.2. The first-order chi connectivity index (χ1) is 10.6. The van der Waals surface area contributed by atoms with Crippen molar-refractivity contribution >= 4 is 5.91 Å². The van der Waals surface area contributed by atoms with Crippen LogP contribution >= 0.6 is 0 Å². The van der Waals surface area contributed by atoms with Crippen molar-refractivity contribution in [2.24, 2.45) is 11.7 Å². The summed E-state index contributed by atoms with van der Waals surface area (Å²) >= 11 is 0. The lowest BCUT2D eigenvalue weighted by atomic mass is 9.74. The third-order valence-electron chi connectivity index (χ3n) is 4.64. The lowest BCUT2D eigenvalue weighted by Gasteiger charge is -2.37. The summed E-state index contributed by atoms with van der Waals surface area (Å²) < 4.78 is 11.5. The fourth-order valence-electron chi connectivity index (χ4n) is 3.29. The largest absolute Gasteiger partial charge is 0.486 e. The van der Waals surface area contributed by atoms with E-state index in [-0.39, 0.29) is 17.9 Å². The van der Waals surface area contributed by atoms with E-state index < -0.39 is 5.54 Å². The fraction of sp³-hybridized carbons (Fsp3) is 0.588. The summed E-state index contributed by atoms with van der Waals surface area (Å²) in [5.41, 5.74) is 5.87. The molecule has 1 saturated carbocycles.